The molecule has 3 rings (SSSR count). The Morgan fingerprint density at radius 1 is 1.16 bits per heavy atom. The highest BCUT2D eigenvalue weighted by Crippen LogP contribution is 2.29. The van der Waals surface area contributed by atoms with E-state index in [1.54, 1.807) is 0 Å². The van der Waals surface area contributed by atoms with Crippen molar-refractivity contribution >= 4 is 23.3 Å². The number of hydrogen-bond donors (Lipinski definition) is 1. The van der Waals surface area contributed by atoms with E-state index in [0.29, 0.717) is 23.8 Å². The SMILES string of the molecule is CNCCCC(=O)Cc1cc(Cl)cc(CN2CCN(C(=O)C3CCCC3)[C@@H](C)C2)c1C. The number of carbonyl (C=O) groups excluding carboxylic acids is 2. The lowest BCUT2D eigenvalue weighted by molar-refractivity contribution is -0.140. The van der Waals surface area contributed by atoms with Gasteiger partial charge in [-0.3, -0.25) is 14.5 Å². The van der Waals surface area contributed by atoms with Gasteiger partial charge >= 0.3 is 0 Å². The molecular weight excluding hydrogens is 410 g/mol. The Labute approximate surface area is 192 Å². The van der Waals surface area contributed by atoms with E-state index in [2.05, 4.69) is 29.0 Å². The second-order valence-electron chi connectivity index (χ2n) is 9.37. The van der Waals surface area contributed by atoms with Crippen LogP contribution < -0.4 is 5.32 Å². The van der Waals surface area contributed by atoms with Crippen molar-refractivity contribution in [2.75, 3.05) is 33.2 Å². The van der Waals surface area contributed by atoms with Crippen molar-refractivity contribution in [3.63, 3.8) is 0 Å². The molecule has 172 valence electrons. The average Bonchev–Trinajstić information content (AvgIpc) is 3.26. The van der Waals surface area contributed by atoms with Gasteiger partial charge in [-0.15, -0.1) is 0 Å². The molecule has 1 amide bonds. The Bertz CT molecular complexity index is 776. The van der Waals surface area contributed by atoms with Crippen LogP contribution in [0.1, 0.15) is 62.1 Å². The first-order chi connectivity index (χ1) is 14.9. The van der Waals surface area contributed by atoms with Crippen LogP contribution in [0.15, 0.2) is 12.1 Å². The predicted molar refractivity (Wildman–Crippen MR) is 126 cm³/mol. The molecular formula is C25H38ClN3O2. The summed E-state index contributed by atoms with van der Waals surface area (Å²) < 4.78 is 0. The highest BCUT2D eigenvalue weighted by Gasteiger charge is 2.33. The van der Waals surface area contributed by atoms with E-state index in [-0.39, 0.29) is 17.7 Å². The van der Waals surface area contributed by atoms with E-state index < -0.39 is 0 Å². The summed E-state index contributed by atoms with van der Waals surface area (Å²) in [5, 5.41) is 3.78. The minimum atomic E-state index is 0.231. The normalized spacial score (nSPS) is 20.4. The molecule has 0 radical (unpaired) electrons. The van der Waals surface area contributed by atoms with Gasteiger partial charge in [-0.05, 0) is 75.5 Å². The predicted octanol–water partition coefficient (Wildman–Crippen LogP) is 3.98. The van der Waals surface area contributed by atoms with Gasteiger partial charge in [0.05, 0.1) is 0 Å². The Hall–Kier alpha value is -1.43. The largest absolute Gasteiger partial charge is 0.337 e. The van der Waals surface area contributed by atoms with Crippen molar-refractivity contribution in [1.82, 2.24) is 15.1 Å². The third kappa shape index (κ3) is 6.53. The fraction of sp³-hybridized carbons (Fsp3) is 0.680. The molecule has 1 heterocycles. The Kier molecular flexibility index (Phi) is 8.94. The van der Waals surface area contributed by atoms with Crippen LogP contribution in [0.25, 0.3) is 0 Å². The topological polar surface area (TPSA) is 52.7 Å². The lowest BCUT2D eigenvalue weighted by Crippen LogP contribution is -2.54. The van der Waals surface area contributed by atoms with E-state index in [1.165, 1.54) is 24.0 Å². The Balaban J connectivity index is 1.60. The maximum absolute atomic E-state index is 12.9. The van der Waals surface area contributed by atoms with Gasteiger partial charge in [0, 0.05) is 56.0 Å². The van der Waals surface area contributed by atoms with E-state index in [4.69, 9.17) is 11.6 Å². The van der Waals surface area contributed by atoms with E-state index in [0.717, 1.165) is 57.5 Å². The monoisotopic (exact) mass is 447 g/mol. The number of piperazine rings is 1. The van der Waals surface area contributed by atoms with E-state index >= 15 is 0 Å². The second-order valence-corrected chi connectivity index (χ2v) is 9.81. The number of nitrogens with one attached hydrogen (secondary N) is 1. The summed E-state index contributed by atoms with van der Waals surface area (Å²) in [5.41, 5.74) is 3.40. The molecule has 1 saturated carbocycles. The van der Waals surface area contributed by atoms with Crippen molar-refractivity contribution < 1.29 is 9.59 Å². The minimum Gasteiger partial charge on any atom is -0.337 e. The molecule has 0 spiro atoms. The standard InChI is InChI=1S/C25H38ClN3O2/c1-18-16-28(11-12-29(18)25(31)20-7-4-5-8-20)17-22-14-23(26)13-21(19(22)2)15-24(30)9-6-10-27-3/h13-14,18,20,27H,4-12,15-17H2,1-3H3/t18-/m0/s1. The highest BCUT2D eigenvalue weighted by atomic mass is 35.5. The van der Waals surface area contributed by atoms with Gasteiger partial charge in [-0.25, -0.2) is 0 Å². The number of ketones is 1. The summed E-state index contributed by atoms with van der Waals surface area (Å²) in [5.74, 6) is 0.874. The zero-order valence-electron chi connectivity index (χ0n) is 19.4. The molecule has 0 bridgehead atoms. The van der Waals surface area contributed by atoms with Crippen molar-refractivity contribution in [1.29, 1.82) is 0 Å². The zero-order valence-corrected chi connectivity index (χ0v) is 20.1. The van der Waals surface area contributed by atoms with Gasteiger partial charge in [0.15, 0.2) is 0 Å². The van der Waals surface area contributed by atoms with Gasteiger partial charge in [-0.2, -0.15) is 0 Å². The fourth-order valence-corrected chi connectivity index (χ4v) is 5.32. The smallest absolute Gasteiger partial charge is 0.226 e. The first-order valence-electron chi connectivity index (χ1n) is 11.9. The van der Waals surface area contributed by atoms with Gasteiger partial charge < -0.3 is 10.2 Å². The number of benzene rings is 1. The third-order valence-corrected chi connectivity index (χ3v) is 7.17. The number of Topliss-reactive ketones (excluding diaryl/α,β-unsaturated/α-hetero) is 1. The number of carbonyl (C=O) groups is 2. The van der Waals surface area contributed by atoms with Crippen LogP contribution in [0.2, 0.25) is 5.02 Å². The minimum absolute atomic E-state index is 0.231. The first kappa shape index (κ1) is 24.2. The first-order valence-corrected chi connectivity index (χ1v) is 12.2. The number of rotatable bonds is 9. The van der Waals surface area contributed by atoms with Crippen molar-refractivity contribution in [3.8, 4) is 0 Å². The lowest BCUT2D eigenvalue weighted by atomic mass is 9.96. The zero-order chi connectivity index (χ0) is 22.4. The molecule has 0 aromatic heterocycles. The molecule has 1 N–H and O–H groups in total. The Morgan fingerprint density at radius 2 is 1.87 bits per heavy atom. The number of nitrogens with zero attached hydrogens (tertiary/aromatic N) is 2. The maximum atomic E-state index is 12.9. The molecule has 1 atom stereocenters. The highest BCUT2D eigenvalue weighted by molar-refractivity contribution is 6.30. The van der Waals surface area contributed by atoms with Crippen molar-refractivity contribution in [3.05, 3.63) is 33.8 Å². The molecule has 1 aromatic rings. The number of halogens is 1. The summed E-state index contributed by atoms with van der Waals surface area (Å²) in [6.45, 7) is 8.50. The van der Waals surface area contributed by atoms with Crippen LogP contribution >= 0.6 is 11.6 Å². The maximum Gasteiger partial charge on any atom is 0.226 e. The van der Waals surface area contributed by atoms with Gasteiger partial charge in [0.2, 0.25) is 5.91 Å². The molecule has 31 heavy (non-hydrogen) atoms. The molecule has 2 aliphatic rings. The molecule has 1 saturated heterocycles. The van der Waals surface area contributed by atoms with Crippen molar-refractivity contribution in [2.24, 2.45) is 5.92 Å². The summed E-state index contributed by atoms with van der Waals surface area (Å²) >= 11 is 6.42. The summed E-state index contributed by atoms with van der Waals surface area (Å²) in [4.78, 5) is 29.8. The molecule has 1 aliphatic carbocycles. The molecule has 2 fully saturated rings. The van der Waals surface area contributed by atoms with Gasteiger partial charge in [-0.1, -0.05) is 24.4 Å². The summed E-state index contributed by atoms with van der Waals surface area (Å²) in [7, 11) is 1.91. The van der Waals surface area contributed by atoms with Crippen molar-refractivity contribution in [2.45, 2.75) is 71.4 Å². The fourth-order valence-electron chi connectivity index (χ4n) is 5.06. The summed E-state index contributed by atoms with van der Waals surface area (Å²) in [6, 6.07) is 4.21. The van der Waals surface area contributed by atoms with Crippen LogP contribution in [0, 0.1) is 12.8 Å². The lowest BCUT2D eigenvalue weighted by Gasteiger charge is -2.41. The van der Waals surface area contributed by atoms with Crippen LogP contribution in [-0.2, 0) is 22.6 Å². The van der Waals surface area contributed by atoms with Gasteiger partial charge in [0.25, 0.3) is 0 Å². The number of hydrogen-bond acceptors (Lipinski definition) is 4. The number of amides is 1. The molecule has 1 aromatic carbocycles. The van der Waals surface area contributed by atoms with E-state index in [9.17, 15) is 9.59 Å². The average molecular weight is 448 g/mol. The quantitative estimate of drug-likeness (QED) is 0.581. The Morgan fingerprint density at radius 3 is 2.55 bits per heavy atom. The summed E-state index contributed by atoms with van der Waals surface area (Å²) in [6.07, 6.45) is 6.41. The van der Waals surface area contributed by atoms with Crippen LogP contribution in [0.3, 0.4) is 0 Å². The molecule has 0 unspecified atom stereocenters. The second kappa shape index (κ2) is 11.4. The molecule has 1 aliphatic heterocycles. The third-order valence-electron chi connectivity index (χ3n) is 6.95. The van der Waals surface area contributed by atoms with Crippen LogP contribution in [-0.4, -0.2) is 60.8 Å². The molecule has 6 heteroatoms. The van der Waals surface area contributed by atoms with E-state index in [1.807, 2.05) is 19.2 Å². The van der Waals surface area contributed by atoms with Gasteiger partial charge in [0.1, 0.15) is 5.78 Å². The van der Waals surface area contributed by atoms with Crippen LogP contribution in [0.5, 0.6) is 0 Å². The molecule has 5 nitrogen and oxygen atoms in total. The van der Waals surface area contributed by atoms with Crippen LogP contribution in [0.4, 0.5) is 0 Å².